The Morgan fingerprint density at radius 2 is 1.87 bits per heavy atom. The van der Waals surface area contributed by atoms with Gasteiger partial charge in [-0.25, -0.2) is 13.2 Å². The minimum absolute atomic E-state index is 0.0272. The first kappa shape index (κ1) is 21.6. The molecular weight excluding hydrogens is 413 g/mol. The summed E-state index contributed by atoms with van der Waals surface area (Å²) in [4.78, 5) is 16.4. The van der Waals surface area contributed by atoms with Crippen molar-refractivity contribution in [1.29, 1.82) is 0 Å². The summed E-state index contributed by atoms with van der Waals surface area (Å²) in [5.41, 5.74) is 0.0228. The van der Waals surface area contributed by atoms with Gasteiger partial charge in [-0.05, 0) is 11.6 Å². The molecule has 0 bridgehead atoms. The molecule has 0 fully saturated rings. The van der Waals surface area contributed by atoms with Crippen LogP contribution < -0.4 is 15.9 Å². The summed E-state index contributed by atoms with van der Waals surface area (Å²) in [5.74, 6) is -0.916. The minimum Gasteiger partial charge on any atom is -0.483 e. The first-order valence-corrected chi connectivity index (χ1v) is 8.87. The van der Waals surface area contributed by atoms with E-state index in [0.717, 1.165) is 0 Å². The lowest BCUT2D eigenvalue weighted by atomic mass is 10.1. The lowest BCUT2D eigenvalue weighted by Gasteiger charge is -2.13. The largest absolute Gasteiger partial charge is 0.483 e. The number of rotatable bonds is 6. The van der Waals surface area contributed by atoms with E-state index in [1.54, 1.807) is 30.3 Å². The fourth-order valence-electron chi connectivity index (χ4n) is 2.71. The van der Waals surface area contributed by atoms with Crippen LogP contribution in [0.5, 0.6) is 5.75 Å². The highest BCUT2D eigenvalue weighted by atomic mass is 19.1. The van der Waals surface area contributed by atoms with E-state index in [4.69, 9.17) is 15.3 Å². The lowest BCUT2D eigenvalue weighted by Crippen LogP contribution is -2.18. The number of nitrogens with two attached hydrogens (primary N) is 1. The van der Waals surface area contributed by atoms with Gasteiger partial charge in [0.2, 0.25) is 5.90 Å². The first-order valence-electron chi connectivity index (χ1n) is 8.87. The molecule has 3 N–H and O–H groups in total. The van der Waals surface area contributed by atoms with Gasteiger partial charge >= 0.3 is 0 Å². The van der Waals surface area contributed by atoms with Gasteiger partial charge in [0, 0.05) is 12.3 Å². The number of carbonyl (C=O) groups is 1. The molecule has 7 nitrogen and oxygen atoms in total. The van der Waals surface area contributed by atoms with Gasteiger partial charge in [-0.15, -0.1) is 5.10 Å². The van der Waals surface area contributed by atoms with Crippen LogP contribution in [0.2, 0.25) is 0 Å². The number of hydrazone groups is 1. The third kappa shape index (κ3) is 4.92. The van der Waals surface area contributed by atoms with Gasteiger partial charge in [-0.1, -0.05) is 30.3 Å². The van der Waals surface area contributed by atoms with Crippen molar-refractivity contribution in [2.45, 2.75) is 6.61 Å². The molecule has 0 aliphatic rings. The number of nitrogens with one attached hydrogen (secondary N) is 1. The van der Waals surface area contributed by atoms with Crippen LogP contribution in [0.3, 0.4) is 0 Å². The van der Waals surface area contributed by atoms with Crippen LogP contribution in [0.4, 0.5) is 18.9 Å². The molecule has 0 atom stereocenters. The second-order valence-electron chi connectivity index (χ2n) is 6.19. The highest BCUT2D eigenvalue weighted by molar-refractivity contribution is 6.05. The molecule has 0 unspecified atom stereocenters. The van der Waals surface area contributed by atoms with E-state index in [2.05, 4.69) is 15.4 Å². The van der Waals surface area contributed by atoms with Crippen molar-refractivity contribution in [3.8, 4) is 5.75 Å². The van der Waals surface area contributed by atoms with Crippen LogP contribution in [0.25, 0.3) is 0 Å². The number of benzene rings is 2. The summed E-state index contributed by atoms with van der Waals surface area (Å²) in [5, 5.41) is 5.71. The first-order chi connectivity index (χ1) is 14.9. The fourth-order valence-corrected chi connectivity index (χ4v) is 2.71. The number of hydrogen-bond acceptors (Lipinski definition) is 6. The predicted molar refractivity (Wildman–Crippen MR) is 107 cm³/mol. The third-order valence-electron chi connectivity index (χ3n) is 4.13. The van der Waals surface area contributed by atoms with Crippen molar-refractivity contribution in [2.75, 3.05) is 12.4 Å². The third-order valence-corrected chi connectivity index (χ3v) is 4.13. The number of aromatic nitrogens is 1. The number of ether oxygens (including phenoxy) is 2. The monoisotopic (exact) mass is 430 g/mol. The Bertz CT molecular complexity index is 1120. The Balaban J connectivity index is 1.86. The molecule has 160 valence electrons. The number of anilines is 1. The maximum Gasteiger partial charge on any atom is 0.261 e. The number of methoxy groups -OCH3 is 1. The van der Waals surface area contributed by atoms with E-state index in [-0.39, 0.29) is 18.2 Å². The van der Waals surface area contributed by atoms with Crippen LogP contribution >= 0.6 is 0 Å². The second kappa shape index (κ2) is 9.61. The molecule has 10 heteroatoms. The van der Waals surface area contributed by atoms with E-state index >= 15 is 0 Å². The maximum atomic E-state index is 14.8. The summed E-state index contributed by atoms with van der Waals surface area (Å²) >= 11 is 0. The molecule has 2 aromatic carbocycles. The van der Waals surface area contributed by atoms with E-state index in [9.17, 15) is 18.0 Å². The van der Waals surface area contributed by atoms with Gasteiger partial charge < -0.3 is 20.6 Å². The Kier molecular flexibility index (Phi) is 6.71. The zero-order chi connectivity index (χ0) is 22.4. The number of carbonyl (C=O) groups excluding carboxylic acids is 1. The molecule has 31 heavy (non-hydrogen) atoms. The van der Waals surface area contributed by atoms with Gasteiger partial charge in [0.25, 0.3) is 5.91 Å². The average molecular weight is 430 g/mol. The summed E-state index contributed by atoms with van der Waals surface area (Å²) in [6.45, 7) is -0.175. The summed E-state index contributed by atoms with van der Waals surface area (Å²) in [6.07, 6.45) is 2.59. The number of pyridine rings is 1. The molecule has 0 spiro atoms. The highest BCUT2D eigenvalue weighted by Gasteiger charge is 2.25. The van der Waals surface area contributed by atoms with E-state index in [1.807, 2.05) is 0 Å². The van der Waals surface area contributed by atoms with Crippen molar-refractivity contribution in [1.82, 2.24) is 4.98 Å². The molecule has 1 aromatic heterocycles. The molecule has 0 aliphatic heterocycles. The summed E-state index contributed by atoms with van der Waals surface area (Å²) < 4.78 is 53.3. The summed E-state index contributed by atoms with van der Waals surface area (Å²) in [7, 11) is 1.33. The molecule has 3 aromatic rings. The van der Waals surface area contributed by atoms with Crippen LogP contribution in [-0.2, 0) is 11.3 Å². The van der Waals surface area contributed by atoms with Gasteiger partial charge in [-0.3, -0.25) is 9.78 Å². The topological polar surface area (TPSA) is 98.8 Å². The number of amides is 1. The maximum absolute atomic E-state index is 14.8. The van der Waals surface area contributed by atoms with Crippen LogP contribution in [-0.4, -0.2) is 23.9 Å². The second-order valence-corrected chi connectivity index (χ2v) is 6.19. The summed E-state index contributed by atoms with van der Waals surface area (Å²) in [6, 6.07) is 10.4. The van der Waals surface area contributed by atoms with Gasteiger partial charge in [0.1, 0.15) is 18.0 Å². The Hall–Kier alpha value is -4.08. The lowest BCUT2D eigenvalue weighted by molar-refractivity contribution is 0.101. The van der Waals surface area contributed by atoms with Crippen molar-refractivity contribution in [3.05, 3.63) is 89.0 Å². The van der Waals surface area contributed by atoms with E-state index in [0.29, 0.717) is 17.2 Å². The fraction of sp³-hybridized carbons (Fsp3) is 0.0952. The van der Waals surface area contributed by atoms with Gasteiger partial charge in [0.15, 0.2) is 17.4 Å². The van der Waals surface area contributed by atoms with E-state index < -0.39 is 34.7 Å². The van der Waals surface area contributed by atoms with Crippen molar-refractivity contribution >= 4 is 17.5 Å². The van der Waals surface area contributed by atoms with Crippen LogP contribution in [0.1, 0.15) is 21.5 Å². The van der Waals surface area contributed by atoms with E-state index in [1.165, 1.54) is 25.6 Å². The van der Waals surface area contributed by atoms with Crippen molar-refractivity contribution in [2.24, 2.45) is 10.9 Å². The Morgan fingerprint density at radius 1 is 1.13 bits per heavy atom. The smallest absolute Gasteiger partial charge is 0.261 e. The quantitative estimate of drug-likeness (QED) is 0.270. The zero-order valence-electron chi connectivity index (χ0n) is 16.2. The van der Waals surface area contributed by atoms with Gasteiger partial charge in [0.05, 0.1) is 24.6 Å². The zero-order valence-corrected chi connectivity index (χ0v) is 16.2. The molecule has 0 aliphatic carbocycles. The Morgan fingerprint density at radius 3 is 2.55 bits per heavy atom. The molecule has 0 radical (unpaired) electrons. The highest BCUT2D eigenvalue weighted by Crippen LogP contribution is 2.28. The molecule has 1 amide bonds. The molecule has 0 saturated heterocycles. The molecule has 3 rings (SSSR count). The van der Waals surface area contributed by atoms with Crippen LogP contribution in [0.15, 0.2) is 60.0 Å². The molecule has 1 heterocycles. The Labute approximate surface area is 175 Å². The normalized spacial score (nSPS) is 11.2. The number of halogens is 3. The average Bonchev–Trinajstić information content (AvgIpc) is 2.75. The molecular formula is C21H17F3N4O3. The standard InChI is InChI=1S/C21H17F3N4O3/c1-30-21(28-25)13-7-14(10-26-9-13)27-20(29)17-15(22)8-16(23)19(18(17)24)31-11-12-5-3-2-4-6-12/h2-10H,11,25H2,1H3,(H,27,29)/b28-21+. The number of hydrogen-bond donors (Lipinski definition) is 2. The minimum atomic E-state index is -1.46. The van der Waals surface area contributed by atoms with Crippen LogP contribution in [0, 0.1) is 17.5 Å². The molecule has 0 saturated carbocycles. The predicted octanol–water partition coefficient (Wildman–Crippen LogP) is 3.60. The van der Waals surface area contributed by atoms with Crippen molar-refractivity contribution < 1.29 is 27.4 Å². The number of nitrogens with zero attached hydrogens (tertiary/aromatic N) is 2. The van der Waals surface area contributed by atoms with Crippen molar-refractivity contribution in [3.63, 3.8) is 0 Å². The van der Waals surface area contributed by atoms with Gasteiger partial charge in [-0.2, -0.15) is 0 Å². The SMILES string of the molecule is CO/C(=N/N)c1cncc(NC(=O)c2c(F)cc(F)c(OCc3ccccc3)c2F)c1.